The third kappa shape index (κ3) is 3.97. The third-order valence-corrected chi connectivity index (χ3v) is 5.11. The van der Waals surface area contributed by atoms with Gasteiger partial charge in [-0.1, -0.05) is 19.3 Å². The number of rotatable bonds is 3. The fraction of sp³-hybridized carbons (Fsp3) is 0.615. The second kappa shape index (κ2) is 6.76. The fourth-order valence-electron chi connectivity index (χ4n) is 2.33. The summed E-state index contributed by atoms with van der Waals surface area (Å²) in [6.45, 7) is 0. The SMILES string of the molecule is CNC1CCCCCC1Sc1ccc(Br)cn1. The van der Waals surface area contributed by atoms with Gasteiger partial charge in [-0.15, -0.1) is 11.8 Å². The minimum absolute atomic E-state index is 0.632. The van der Waals surface area contributed by atoms with Gasteiger partial charge in [-0.25, -0.2) is 4.98 Å². The summed E-state index contributed by atoms with van der Waals surface area (Å²) in [6.07, 6.45) is 8.57. The van der Waals surface area contributed by atoms with Gasteiger partial charge in [-0.05, 0) is 48.0 Å². The molecule has 2 atom stereocenters. The van der Waals surface area contributed by atoms with E-state index < -0.39 is 0 Å². The first-order valence-corrected chi connectivity index (χ1v) is 7.92. The molecule has 2 rings (SSSR count). The Morgan fingerprint density at radius 3 is 2.82 bits per heavy atom. The van der Waals surface area contributed by atoms with Crippen molar-refractivity contribution in [2.45, 2.75) is 48.4 Å². The minimum atomic E-state index is 0.632. The maximum absolute atomic E-state index is 4.46. The van der Waals surface area contributed by atoms with Crippen molar-refractivity contribution < 1.29 is 0 Å². The highest BCUT2D eigenvalue weighted by atomic mass is 79.9. The molecule has 1 aliphatic carbocycles. The summed E-state index contributed by atoms with van der Waals surface area (Å²) in [6, 6.07) is 4.81. The highest BCUT2D eigenvalue weighted by molar-refractivity contribution is 9.10. The summed E-state index contributed by atoms with van der Waals surface area (Å²) in [4.78, 5) is 4.46. The summed E-state index contributed by atoms with van der Waals surface area (Å²) < 4.78 is 1.05. The standard InChI is InChI=1S/C13H19BrN2S/c1-15-11-5-3-2-4-6-12(11)17-13-8-7-10(14)9-16-13/h7-9,11-12,15H,2-6H2,1H3. The zero-order valence-corrected chi connectivity index (χ0v) is 12.6. The lowest BCUT2D eigenvalue weighted by Crippen LogP contribution is -2.34. The number of halogens is 1. The lowest BCUT2D eigenvalue weighted by atomic mass is 10.1. The van der Waals surface area contributed by atoms with Gasteiger partial charge in [-0.2, -0.15) is 0 Å². The van der Waals surface area contributed by atoms with Gasteiger partial charge < -0.3 is 5.32 Å². The van der Waals surface area contributed by atoms with Crippen LogP contribution in [0.5, 0.6) is 0 Å². The minimum Gasteiger partial charge on any atom is -0.316 e. The molecule has 0 radical (unpaired) electrons. The molecule has 0 saturated heterocycles. The van der Waals surface area contributed by atoms with Crippen LogP contribution in [-0.2, 0) is 0 Å². The fourth-order valence-corrected chi connectivity index (χ4v) is 3.86. The average Bonchev–Trinajstić information content (AvgIpc) is 2.57. The summed E-state index contributed by atoms with van der Waals surface area (Å²) in [5.41, 5.74) is 0. The molecule has 0 amide bonds. The van der Waals surface area contributed by atoms with Crippen LogP contribution in [0.4, 0.5) is 0 Å². The van der Waals surface area contributed by atoms with Crippen LogP contribution in [0.3, 0.4) is 0 Å². The van der Waals surface area contributed by atoms with Crippen LogP contribution in [-0.4, -0.2) is 23.3 Å². The zero-order chi connectivity index (χ0) is 12.1. The molecule has 0 spiro atoms. The first kappa shape index (κ1) is 13.4. The predicted octanol–water partition coefficient (Wildman–Crippen LogP) is 3.86. The molecule has 1 aromatic rings. The van der Waals surface area contributed by atoms with Crippen LogP contribution in [0.15, 0.2) is 27.8 Å². The van der Waals surface area contributed by atoms with Crippen LogP contribution in [0, 0.1) is 0 Å². The molecule has 0 bridgehead atoms. The second-order valence-electron chi connectivity index (χ2n) is 4.50. The largest absolute Gasteiger partial charge is 0.316 e. The summed E-state index contributed by atoms with van der Waals surface area (Å²) in [7, 11) is 2.08. The Balaban J connectivity index is 2.01. The molecular weight excluding hydrogens is 296 g/mol. The van der Waals surface area contributed by atoms with Crippen LogP contribution < -0.4 is 5.32 Å². The predicted molar refractivity (Wildman–Crippen MR) is 77.5 cm³/mol. The Labute approximate surface area is 116 Å². The van der Waals surface area contributed by atoms with Crippen LogP contribution in [0.1, 0.15) is 32.1 Å². The van der Waals surface area contributed by atoms with E-state index in [1.54, 1.807) is 0 Å². The van der Waals surface area contributed by atoms with E-state index in [0.717, 1.165) is 9.50 Å². The normalized spacial score (nSPS) is 25.5. The van der Waals surface area contributed by atoms with Crippen LogP contribution >= 0.6 is 27.7 Å². The summed E-state index contributed by atoms with van der Waals surface area (Å²) >= 11 is 5.35. The molecule has 94 valence electrons. The molecule has 0 aliphatic heterocycles. The molecule has 2 nitrogen and oxygen atoms in total. The maximum atomic E-state index is 4.46. The number of nitrogens with one attached hydrogen (secondary N) is 1. The topological polar surface area (TPSA) is 24.9 Å². The van der Waals surface area contributed by atoms with Crippen molar-refractivity contribution in [3.63, 3.8) is 0 Å². The van der Waals surface area contributed by atoms with Gasteiger partial charge in [0.05, 0.1) is 5.03 Å². The molecule has 1 heterocycles. The lowest BCUT2D eigenvalue weighted by molar-refractivity contribution is 0.510. The van der Waals surface area contributed by atoms with E-state index in [0.29, 0.717) is 11.3 Å². The van der Waals surface area contributed by atoms with Crippen molar-refractivity contribution >= 4 is 27.7 Å². The number of hydrogen-bond donors (Lipinski definition) is 1. The number of thioether (sulfide) groups is 1. The quantitative estimate of drug-likeness (QED) is 0.858. The Hall–Kier alpha value is -0.0600. The van der Waals surface area contributed by atoms with Crippen molar-refractivity contribution in [1.82, 2.24) is 10.3 Å². The monoisotopic (exact) mass is 314 g/mol. The molecule has 17 heavy (non-hydrogen) atoms. The van der Waals surface area contributed by atoms with Crippen molar-refractivity contribution in [2.24, 2.45) is 0 Å². The number of nitrogens with zero attached hydrogens (tertiary/aromatic N) is 1. The lowest BCUT2D eigenvalue weighted by Gasteiger charge is -2.23. The number of pyridine rings is 1. The molecule has 1 N–H and O–H groups in total. The van der Waals surface area contributed by atoms with Crippen LogP contribution in [0.25, 0.3) is 0 Å². The first-order valence-electron chi connectivity index (χ1n) is 6.25. The Morgan fingerprint density at radius 1 is 1.29 bits per heavy atom. The van der Waals surface area contributed by atoms with E-state index in [9.17, 15) is 0 Å². The van der Waals surface area contributed by atoms with E-state index >= 15 is 0 Å². The van der Waals surface area contributed by atoms with E-state index in [4.69, 9.17) is 0 Å². The van der Waals surface area contributed by atoms with Gasteiger partial charge in [0.2, 0.25) is 0 Å². The van der Waals surface area contributed by atoms with E-state index in [1.807, 2.05) is 18.0 Å². The Kier molecular flexibility index (Phi) is 5.32. The zero-order valence-electron chi connectivity index (χ0n) is 10.2. The smallest absolute Gasteiger partial charge is 0.0963 e. The summed E-state index contributed by atoms with van der Waals surface area (Å²) in [5.74, 6) is 0. The van der Waals surface area contributed by atoms with Crippen molar-refractivity contribution in [3.8, 4) is 0 Å². The van der Waals surface area contributed by atoms with Gasteiger partial charge in [0.1, 0.15) is 0 Å². The van der Waals surface area contributed by atoms with Gasteiger partial charge in [0, 0.05) is 22.0 Å². The van der Waals surface area contributed by atoms with Gasteiger partial charge >= 0.3 is 0 Å². The maximum Gasteiger partial charge on any atom is 0.0963 e. The van der Waals surface area contributed by atoms with Crippen molar-refractivity contribution in [2.75, 3.05) is 7.05 Å². The molecule has 4 heteroatoms. The molecule has 2 unspecified atom stereocenters. The van der Waals surface area contributed by atoms with E-state index in [-0.39, 0.29) is 0 Å². The number of aromatic nitrogens is 1. The molecule has 0 aromatic carbocycles. The van der Waals surface area contributed by atoms with Crippen molar-refractivity contribution in [1.29, 1.82) is 0 Å². The Morgan fingerprint density at radius 2 is 2.12 bits per heavy atom. The molecular formula is C13H19BrN2S. The first-order chi connectivity index (χ1) is 8.29. The van der Waals surface area contributed by atoms with E-state index in [2.05, 4.69) is 45.4 Å². The Bertz CT molecular complexity index is 342. The van der Waals surface area contributed by atoms with Crippen molar-refractivity contribution in [3.05, 3.63) is 22.8 Å². The van der Waals surface area contributed by atoms with Gasteiger partial charge in [0.15, 0.2) is 0 Å². The van der Waals surface area contributed by atoms with Gasteiger partial charge in [-0.3, -0.25) is 0 Å². The highest BCUT2D eigenvalue weighted by Gasteiger charge is 2.23. The third-order valence-electron chi connectivity index (χ3n) is 3.30. The second-order valence-corrected chi connectivity index (χ2v) is 6.68. The van der Waals surface area contributed by atoms with E-state index in [1.165, 1.54) is 32.1 Å². The number of hydrogen-bond acceptors (Lipinski definition) is 3. The van der Waals surface area contributed by atoms with Gasteiger partial charge in [0.25, 0.3) is 0 Å². The molecule has 1 aromatic heterocycles. The highest BCUT2D eigenvalue weighted by Crippen LogP contribution is 2.32. The average molecular weight is 315 g/mol. The molecule has 1 aliphatic rings. The molecule has 1 saturated carbocycles. The summed E-state index contributed by atoms with van der Waals surface area (Å²) in [5, 5.41) is 5.27. The van der Waals surface area contributed by atoms with Crippen LogP contribution in [0.2, 0.25) is 0 Å². The molecule has 1 fully saturated rings.